The highest BCUT2D eigenvalue weighted by atomic mass is 35.5. The van der Waals surface area contributed by atoms with E-state index >= 15 is 0 Å². The number of nitrogens with zero attached hydrogens (tertiary/aromatic N) is 6. The Morgan fingerprint density at radius 1 is 1.25 bits per heavy atom. The topological polar surface area (TPSA) is 42.1 Å². The van der Waals surface area contributed by atoms with E-state index in [-0.39, 0.29) is 0 Å². The first kappa shape index (κ1) is 19.9. The van der Waals surface area contributed by atoms with Gasteiger partial charge in [-0.1, -0.05) is 18.5 Å². The molecule has 7 heteroatoms. The zero-order valence-electron chi connectivity index (χ0n) is 17.6. The number of imidazole rings is 1. The average molecular weight is 405 g/mol. The largest absolute Gasteiger partial charge is 0.337 e. The summed E-state index contributed by atoms with van der Waals surface area (Å²) < 4.78 is 3.95. The van der Waals surface area contributed by atoms with E-state index in [0.717, 1.165) is 48.0 Å². The monoisotopic (exact) mass is 404 g/mol. The molecule has 0 aromatic carbocycles. The predicted molar refractivity (Wildman–Crippen MR) is 112 cm³/mol. The van der Waals surface area contributed by atoms with Gasteiger partial charge < -0.3 is 4.57 Å². The van der Waals surface area contributed by atoms with Crippen molar-refractivity contribution in [1.82, 2.24) is 29.1 Å². The Morgan fingerprint density at radius 3 is 2.75 bits per heavy atom. The van der Waals surface area contributed by atoms with E-state index < -0.39 is 0 Å². The van der Waals surface area contributed by atoms with E-state index in [1.54, 1.807) is 0 Å². The lowest BCUT2D eigenvalue weighted by molar-refractivity contribution is 0.131. The first-order valence-electron chi connectivity index (χ1n) is 10.5. The molecule has 2 aliphatic rings. The molecule has 1 saturated heterocycles. The zero-order valence-corrected chi connectivity index (χ0v) is 18.4. The molecule has 4 rings (SSSR count). The highest BCUT2D eigenvalue weighted by Gasteiger charge is 2.39. The molecule has 0 unspecified atom stereocenters. The Bertz CT molecular complexity index is 812. The van der Waals surface area contributed by atoms with Gasteiger partial charge in [0.05, 0.1) is 12.2 Å². The number of likely N-dealkylation sites (tertiary alicyclic amines) is 1. The number of halogens is 1. The predicted octanol–water partition coefficient (Wildman–Crippen LogP) is 3.10. The summed E-state index contributed by atoms with van der Waals surface area (Å²) in [6.07, 6.45) is 8.79. The molecule has 154 valence electrons. The highest BCUT2D eigenvalue weighted by Crippen LogP contribution is 2.40. The third-order valence-corrected chi connectivity index (χ3v) is 7.40. The summed E-state index contributed by atoms with van der Waals surface area (Å²) in [5.74, 6) is 2.81. The Balaban J connectivity index is 1.36. The molecule has 0 spiro atoms. The lowest BCUT2D eigenvalue weighted by atomic mass is 9.88. The van der Waals surface area contributed by atoms with Gasteiger partial charge in [0, 0.05) is 51.2 Å². The van der Waals surface area contributed by atoms with Gasteiger partial charge in [-0.15, -0.1) is 0 Å². The molecule has 1 aliphatic heterocycles. The number of rotatable bonds is 6. The van der Waals surface area contributed by atoms with Crippen LogP contribution in [0.15, 0.2) is 12.4 Å². The quantitative estimate of drug-likeness (QED) is 0.741. The molecule has 6 nitrogen and oxygen atoms in total. The molecule has 0 bridgehead atoms. The summed E-state index contributed by atoms with van der Waals surface area (Å²) >= 11 is 6.53. The van der Waals surface area contributed by atoms with Crippen LogP contribution in [0.5, 0.6) is 0 Å². The summed E-state index contributed by atoms with van der Waals surface area (Å²) in [5.41, 5.74) is 2.38. The maximum Gasteiger partial charge on any atom is 0.131 e. The first-order chi connectivity index (χ1) is 13.5. The van der Waals surface area contributed by atoms with Gasteiger partial charge in [0.2, 0.25) is 0 Å². The minimum absolute atomic E-state index is 0.667. The fourth-order valence-electron chi connectivity index (χ4n) is 5.20. The Labute approximate surface area is 173 Å². The number of aromatic nitrogens is 4. The van der Waals surface area contributed by atoms with Crippen molar-refractivity contribution < 1.29 is 0 Å². The molecule has 0 amide bonds. The number of fused-ring (bicyclic) bond motifs is 1. The van der Waals surface area contributed by atoms with Gasteiger partial charge in [0.1, 0.15) is 11.0 Å². The van der Waals surface area contributed by atoms with Crippen molar-refractivity contribution in [1.29, 1.82) is 0 Å². The molecule has 0 N–H and O–H groups in total. The summed E-state index contributed by atoms with van der Waals surface area (Å²) in [6, 6.07) is 0.667. The summed E-state index contributed by atoms with van der Waals surface area (Å²) in [4.78, 5) is 9.61. The molecule has 2 fully saturated rings. The van der Waals surface area contributed by atoms with E-state index in [2.05, 4.69) is 45.5 Å². The van der Waals surface area contributed by atoms with Crippen LogP contribution in [0.2, 0.25) is 5.15 Å². The molecule has 1 aliphatic carbocycles. The molecule has 3 atom stereocenters. The lowest BCUT2D eigenvalue weighted by Gasteiger charge is -2.35. The molecule has 3 heterocycles. The van der Waals surface area contributed by atoms with Crippen molar-refractivity contribution in [3.63, 3.8) is 0 Å². The van der Waals surface area contributed by atoms with Gasteiger partial charge in [0.15, 0.2) is 0 Å². The minimum Gasteiger partial charge on any atom is -0.337 e. The Kier molecular flexibility index (Phi) is 5.81. The van der Waals surface area contributed by atoms with E-state index in [1.165, 1.54) is 37.9 Å². The maximum absolute atomic E-state index is 6.53. The minimum atomic E-state index is 0.667. The van der Waals surface area contributed by atoms with Gasteiger partial charge in [-0.2, -0.15) is 5.10 Å². The summed E-state index contributed by atoms with van der Waals surface area (Å²) in [6.45, 7) is 6.39. The SMILES string of the molecule is CCc1nn(C)c(Cl)c1CN1CC[C@@H]2C[C@H](N(C)Cc3nccn3C)C[C@@H]2C1. The van der Waals surface area contributed by atoms with Crippen LogP contribution in [0.4, 0.5) is 0 Å². The van der Waals surface area contributed by atoms with Crippen molar-refractivity contribution in [2.45, 2.75) is 51.7 Å². The van der Waals surface area contributed by atoms with Gasteiger partial charge in [-0.3, -0.25) is 14.5 Å². The standard InChI is InChI=1S/C21H33ClN6/c1-5-19-18(21(22)27(4)24-19)13-28-8-6-15-10-17(11-16(15)12-28)26(3)14-20-23-7-9-25(20)2/h7,9,15-17H,5-6,8,10-14H2,1-4H3/t15-,16-,17+/m1/s1. The average Bonchev–Trinajstić information content (AvgIpc) is 3.35. The van der Waals surface area contributed by atoms with Crippen LogP contribution in [0.25, 0.3) is 0 Å². The fraction of sp³-hybridized carbons (Fsp3) is 0.714. The summed E-state index contributed by atoms with van der Waals surface area (Å²) in [7, 11) is 6.28. The molecule has 2 aromatic rings. The smallest absolute Gasteiger partial charge is 0.131 e. The van der Waals surface area contributed by atoms with Crippen molar-refractivity contribution in [2.24, 2.45) is 25.9 Å². The van der Waals surface area contributed by atoms with E-state index in [0.29, 0.717) is 6.04 Å². The number of aryl methyl sites for hydroxylation is 3. The Morgan fingerprint density at radius 2 is 2.04 bits per heavy atom. The number of piperidine rings is 1. The van der Waals surface area contributed by atoms with Crippen molar-refractivity contribution in [3.8, 4) is 0 Å². The zero-order chi connectivity index (χ0) is 19.8. The van der Waals surface area contributed by atoms with Gasteiger partial charge in [-0.25, -0.2) is 4.98 Å². The second kappa shape index (κ2) is 8.17. The molecule has 1 saturated carbocycles. The normalized spacial score (nSPS) is 25.6. The van der Waals surface area contributed by atoms with Crippen LogP contribution in [0.3, 0.4) is 0 Å². The van der Waals surface area contributed by atoms with Crippen molar-refractivity contribution in [2.75, 3.05) is 20.1 Å². The van der Waals surface area contributed by atoms with E-state index in [4.69, 9.17) is 11.6 Å². The van der Waals surface area contributed by atoms with Crippen LogP contribution in [0.1, 0.15) is 43.3 Å². The third-order valence-electron chi connectivity index (χ3n) is 6.93. The van der Waals surface area contributed by atoms with E-state index in [1.807, 2.05) is 24.1 Å². The van der Waals surface area contributed by atoms with Gasteiger partial charge >= 0.3 is 0 Å². The first-order valence-corrected chi connectivity index (χ1v) is 10.9. The molecule has 0 radical (unpaired) electrons. The Hall–Kier alpha value is -1.37. The van der Waals surface area contributed by atoms with Gasteiger partial charge in [-0.05, 0) is 51.1 Å². The van der Waals surface area contributed by atoms with Crippen LogP contribution >= 0.6 is 11.6 Å². The van der Waals surface area contributed by atoms with Crippen LogP contribution in [-0.4, -0.2) is 55.3 Å². The van der Waals surface area contributed by atoms with Crippen molar-refractivity contribution in [3.05, 3.63) is 34.6 Å². The van der Waals surface area contributed by atoms with Crippen LogP contribution in [-0.2, 0) is 33.6 Å². The second-order valence-corrected chi connectivity index (χ2v) is 9.09. The highest BCUT2D eigenvalue weighted by molar-refractivity contribution is 6.30. The van der Waals surface area contributed by atoms with Crippen LogP contribution < -0.4 is 0 Å². The second-order valence-electron chi connectivity index (χ2n) is 8.73. The summed E-state index contributed by atoms with van der Waals surface area (Å²) in [5, 5.41) is 5.39. The molecular formula is C21H33ClN6. The molecule has 2 aromatic heterocycles. The lowest BCUT2D eigenvalue weighted by Crippen LogP contribution is -2.38. The molecule has 28 heavy (non-hydrogen) atoms. The third kappa shape index (κ3) is 3.87. The van der Waals surface area contributed by atoms with Crippen molar-refractivity contribution >= 4 is 11.6 Å². The molecular weight excluding hydrogens is 372 g/mol. The fourth-order valence-corrected chi connectivity index (χ4v) is 5.40. The van der Waals surface area contributed by atoms with E-state index in [9.17, 15) is 0 Å². The number of hydrogen-bond donors (Lipinski definition) is 0. The number of hydrogen-bond acceptors (Lipinski definition) is 4. The maximum atomic E-state index is 6.53. The van der Waals surface area contributed by atoms with Gasteiger partial charge in [0.25, 0.3) is 0 Å². The van der Waals surface area contributed by atoms with Crippen LogP contribution in [0, 0.1) is 11.8 Å².